The molecule has 2 rings (SSSR count). The highest BCUT2D eigenvalue weighted by atomic mass is 16.5. The van der Waals surface area contributed by atoms with Crippen molar-refractivity contribution >= 4 is 11.6 Å². The van der Waals surface area contributed by atoms with E-state index in [1.165, 1.54) is 0 Å². The van der Waals surface area contributed by atoms with E-state index in [9.17, 15) is 4.79 Å². The molecule has 0 bridgehead atoms. The van der Waals surface area contributed by atoms with E-state index in [0.717, 1.165) is 25.9 Å². The summed E-state index contributed by atoms with van der Waals surface area (Å²) in [6.07, 6.45) is 5.16. The average molecular weight is 237 g/mol. The van der Waals surface area contributed by atoms with Gasteiger partial charge in [-0.05, 0) is 25.3 Å². The van der Waals surface area contributed by atoms with E-state index < -0.39 is 0 Å². The van der Waals surface area contributed by atoms with Crippen LogP contribution in [0.25, 0.3) is 0 Å². The number of aryl methyl sites for hydroxylation is 1. The molecule has 5 heteroatoms. The smallest absolute Gasteiger partial charge is 0.267 e. The van der Waals surface area contributed by atoms with Gasteiger partial charge >= 0.3 is 0 Å². The van der Waals surface area contributed by atoms with E-state index in [2.05, 4.69) is 5.32 Å². The molecule has 1 aliphatic heterocycles. The zero-order valence-electron chi connectivity index (χ0n) is 10.1. The molecule has 1 aromatic heterocycles. The Balaban J connectivity index is 1.78. The highest BCUT2D eigenvalue weighted by Gasteiger charge is 2.16. The fourth-order valence-corrected chi connectivity index (χ4v) is 2.13. The first-order chi connectivity index (χ1) is 8.16. The Labute approximate surface area is 101 Å². The Morgan fingerprint density at radius 3 is 3.12 bits per heavy atom. The molecule has 1 unspecified atom stereocenters. The van der Waals surface area contributed by atoms with Crippen LogP contribution in [0.5, 0.6) is 0 Å². The molecule has 17 heavy (non-hydrogen) atoms. The topological polar surface area (TPSA) is 69.3 Å². The van der Waals surface area contributed by atoms with Crippen LogP contribution in [0.3, 0.4) is 0 Å². The van der Waals surface area contributed by atoms with Crippen LogP contribution in [-0.4, -0.2) is 29.7 Å². The predicted octanol–water partition coefficient (Wildman–Crippen LogP) is 0.906. The van der Waals surface area contributed by atoms with Gasteiger partial charge in [-0.15, -0.1) is 0 Å². The van der Waals surface area contributed by atoms with E-state index in [1.807, 2.05) is 7.05 Å². The van der Waals surface area contributed by atoms with Crippen molar-refractivity contribution in [2.24, 2.45) is 7.05 Å². The molecule has 2 heterocycles. The maximum absolute atomic E-state index is 11.8. The summed E-state index contributed by atoms with van der Waals surface area (Å²) in [5.74, 6) is -0.0813. The van der Waals surface area contributed by atoms with Gasteiger partial charge in [0.1, 0.15) is 5.69 Å². The third kappa shape index (κ3) is 3.00. The number of anilines is 1. The molecule has 1 amide bonds. The number of amides is 1. The minimum absolute atomic E-state index is 0.0813. The fraction of sp³-hybridized carbons (Fsp3) is 0.583. The van der Waals surface area contributed by atoms with Crippen LogP contribution in [0, 0.1) is 0 Å². The monoisotopic (exact) mass is 237 g/mol. The van der Waals surface area contributed by atoms with Crippen LogP contribution in [0.4, 0.5) is 5.69 Å². The summed E-state index contributed by atoms with van der Waals surface area (Å²) in [5, 5.41) is 2.88. The Hall–Kier alpha value is -1.49. The lowest BCUT2D eigenvalue weighted by atomic mass is 10.2. The van der Waals surface area contributed by atoms with Crippen LogP contribution in [0.1, 0.15) is 29.8 Å². The van der Waals surface area contributed by atoms with Crippen molar-refractivity contribution in [2.45, 2.75) is 25.4 Å². The molecule has 0 aliphatic carbocycles. The Kier molecular flexibility index (Phi) is 3.68. The van der Waals surface area contributed by atoms with Crippen molar-refractivity contribution in [2.75, 3.05) is 18.9 Å². The lowest BCUT2D eigenvalue weighted by molar-refractivity contribution is 0.0901. The van der Waals surface area contributed by atoms with Gasteiger partial charge in [-0.3, -0.25) is 4.79 Å². The predicted molar refractivity (Wildman–Crippen MR) is 65.7 cm³/mol. The maximum atomic E-state index is 11.8. The molecule has 1 aliphatic rings. The van der Waals surface area contributed by atoms with Gasteiger partial charge in [0.05, 0.1) is 11.8 Å². The molecule has 0 aromatic carbocycles. The van der Waals surface area contributed by atoms with Crippen LogP contribution in [0.2, 0.25) is 0 Å². The fourth-order valence-electron chi connectivity index (χ4n) is 2.13. The molecule has 0 radical (unpaired) electrons. The zero-order valence-corrected chi connectivity index (χ0v) is 10.1. The van der Waals surface area contributed by atoms with Crippen molar-refractivity contribution in [1.82, 2.24) is 9.88 Å². The third-order valence-corrected chi connectivity index (χ3v) is 3.03. The lowest BCUT2D eigenvalue weighted by Gasteiger charge is -2.10. The quantitative estimate of drug-likeness (QED) is 0.817. The number of carbonyl (C=O) groups excluding carboxylic acids is 1. The Morgan fingerprint density at radius 2 is 2.53 bits per heavy atom. The number of aromatic nitrogens is 1. The first-order valence-corrected chi connectivity index (χ1v) is 5.98. The summed E-state index contributed by atoms with van der Waals surface area (Å²) in [4.78, 5) is 11.8. The van der Waals surface area contributed by atoms with Gasteiger partial charge < -0.3 is 20.4 Å². The number of rotatable bonds is 4. The van der Waals surface area contributed by atoms with Gasteiger partial charge in [0.2, 0.25) is 0 Å². The summed E-state index contributed by atoms with van der Waals surface area (Å²) < 4.78 is 7.22. The van der Waals surface area contributed by atoms with E-state index in [4.69, 9.17) is 10.5 Å². The second-order valence-electron chi connectivity index (χ2n) is 4.45. The molecular weight excluding hydrogens is 218 g/mol. The number of carbonyl (C=O) groups is 1. The van der Waals surface area contributed by atoms with E-state index in [1.54, 1.807) is 16.8 Å². The summed E-state index contributed by atoms with van der Waals surface area (Å²) in [7, 11) is 1.81. The van der Waals surface area contributed by atoms with Crippen LogP contribution >= 0.6 is 0 Å². The van der Waals surface area contributed by atoms with Gasteiger partial charge in [-0.1, -0.05) is 0 Å². The van der Waals surface area contributed by atoms with Crippen LogP contribution in [0.15, 0.2) is 12.3 Å². The number of nitrogens with one attached hydrogen (secondary N) is 1. The summed E-state index contributed by atoms with van der Waals surface area (Å²) in [6, 6.07) is 1.68. The molecule has 3 N–H and O–H groups in total. The summed E-state index contributed by atoms with van der Waals surface area (Å²) >= 11 is 0. The number of ether oxygens (including phenoxy) is 1. The van der Waals surface area contributed by atoms with Crippen LogP contribution in [-0.2, 0) is 11.8 Å². The average Bonchev–Trinajstić information content (AvgIpc) is 2.88. The molecule has 0 saturated carbocycles. The number of nitrogens with two attached hydrogens (primary N) is 1. The molecule has 1 atom stereocenters. The first kappa shape index (κ1) is 12.0. The Bertz CT molecular complexity index is 394. The van der Waals surface area contributed by atoms with Crippen molar-refractivity contribution < 1.29 is 9.53 Å². The highest BCUT2D eigenvalue weighted by molar-refractivity contribution is 5.93. The van der Waals surface area contributed by atoms with Crippen molar-refractivity contribution in [1.29, 1.82) is 0 Å². The highest BCUT2D eigenvalue weighted by Crippen LogP contribution is 2.14. The molecule has 0 spiro atoms. The van der Waals surface area contributed by atoms with E-state index in [0.29, 0.717) is 24.0 Å². The first-order valence-electron chi connectivity index (χ1n) is 5.98. The van der Waals surface area contributed by atoms with Gasteiger partial charge in [-0.2, -0.15) is 0 Å². The van der Waals surface area contributed by atoms with Crippen molar-refractivity contribution in [3.63, 3.8) is 0 Å². The summed E-state index contributed by atoms with van der Waals surface area (Å²) in [6.45, 7) is 1.50. The molecule has 1 fully saturated rings. The largest absolute Gasteiger partial charge is 0.397 e. The molecule has 94 valence electrons. The Morgan fingerprint density at radius 1 is 1.71 bits per heavy atom. The number of hydrogen-bond donors (Lipinski definition) is 2. The molecule has 1 saturated heterocycles. The van der Waals surface area contributed by atoms with Gasteiger partial charge in [-0.25, -0.2) is 0 Å². The molecular formula is C12H19N3O2. The van der Waals surface area contributed by atoms with Gasteiger partial charge in [0.25, 0.3) is 5.91 Å². The van der Waals surface area contributed by atoms with Crippen molar-refractivity contribution in [3.8, 4) is 0 Å². The van der Waals surface area contributed by atoms with E-state index in [-0.39, 0.29) is 5.91 Å². The molecule has 5 nitrogen and oxygen atoms in total. The number of hydrogen-bond acceptors (Lipinski definition) is 3. The molecule has 1 aromatic rings. The van der Waals surface area contributed by atoms with Gasteiger partial charge in [0.15, 0.2) is 0 Å². The minimum atomic E-state index is -0.0813. The van der Waals surface area contributed by atoms with E-state index >= 15 is 0 Å². The minimum Gasteiger partial charge on any atom is -0.397 e. The van der Waals surface area contributed by atoms with Gasteiger partial charge in [0, 0.05) is 26.4 Å². The zero-order chi connectivity index (χ0) is 12.3. The summed E-state index contributed by atoms with van der Waals surface area (Å²) in [5.41, 5.74) is 6.83. The lowest BCUT2D eigenvalue weighted by Crippen LogP contribution is -2.28. The SMILES string of the molecule is Cn1cc(N)cc1C(=O)NCCC1CCCO1. The number of nitrogens with zero attached hydrogens (tertiary/aromatic N) is 1. The van der Waals surface area contributed by atoms with Crippen molar-refractivity contribution in [3.05, 3.63) is 18.0 Å². The second kappa shape index (κ2) is 5.23. The number of nitrogen functional groups attached to an aromatic ring is 1. The standard InChI is InChI=1S/C12H19N3O2/c1-15-8-9(13)7-11(15)12(16)14-5-4-10-3-2-6-17-10/h7-8,10H,2-6,13H2,1H3,(H,14,16). The van der Waals surface area contributed by atoms with Crippen LogP contribution < -0.4 is 11.1 Å². The second-order valence-corrected chi connectivity index (χ2v) is 4.45. The maximum Gasteiger partial charge on any atom is 0.267 e. The third-order valence-electron chi connectivity index (χ3n) is 3.03. The normalized spacial score (nSPS) is 19.5.